The molecule has 1 saturated carbocycles. The van der Waals surface area contributed by atoms with Crippen LogP contribution >= 0.6 is 0 Å². The molecule has 2 aromatic rings. The van der Waals surface area contributed by atoms with Gasteiger partial charge in [0.25, 0.3) is 0 Å². The molecular formula is C20H22N2O. The van der Waals surface area contributed by atoms with E-state index in [2.05, 4.69) is 24.3 Å². The highest BCUT2D eigenvalue weighted by molar-refractivity contribution is 5.91. The number of likely N-dealkylation sites (tertiary alicyclic amines) is 1. The van der Waals surface area contributed by atoms with Gasteiger partial charge in [-0.1, -0.05) is 60.7 Å². The van der Waals surface area contributed by atoms with Crippen molar-refractivity contribution in [1.29, 1.82) is 0 Å². The molecule has 2 aliphatic rings. The highest BCUT2D eigenvalue weighted by Gasteiger charge is 2.54. The van der Waals surface area contributed by atoms with E-state index in [-0.39, 0.29) is 23.3 Å². The molecule has 1 aliphatic heterocycles. The standard InChI is InChI=1S/C20H22N2O/c21-18-14-22(13-17(18)15-7-3-1-4-8-15)19(23)20(11-12-20)16-9-5-2-6-10-16/h1-10,17-18H,11-14,21H2/t17-,18+/m0/s1. The van der Waals surface area contributed by atoms with E-state index in [4.69, 9.17) is 5.73 Å². The van der Waals surface area contributed by atoms with Gasteiger partial charge in [0.1, 0.15) is 0 Å². The Hall–Kier alpha value is -2.13. The van der Waals surface area contributed by atoms with E-state index in [1.807, 2.05) is 41.3 Å². The van der Waals surface area contributed by atoms with Crippen LogP contribution in [-0.4, -0.2) is 29.9 Å². The van der Waals surface area contributed by atoms with Crippen LogP contribution in [0.1, 0.15) is 29.9 Å². The molecule has 0 radical (unpaired) electrons. The molecule has 0 unspecified atom stereocenters. The molecule has 1 heterocycles. The molecule has 2 fully saturated rings. The third-order valence-electron chi connectivity index (χ3n) is 5.37. The van der Waals surface area contributed by atoms with Crippen LogP contribution in [0.4, 0.5) is 0 Å². The Morgan fingerprint density at radius 1 is 0.957 bits per heavy atom. The molecule has 2 N–H and O–H groups in total. The van der Waals surface area contributed by atoms with E-state index in [9.17, 15) is 4.79 Å². The summed E-state index contributed by atoms with van der Waals surface area (Å²) in [6.45, 7) is 1.39. The number of rotatable bonds is 3. The average Bonchev–Trinajstić information content (AvgIpc) is 3.33. The first-order valence-electron chi connectivity index (χ1n) is 8.36. The third-order valence-corrected chi connectivity index (χ3v) is 5.37. The second kappa shape index (κ2) is 5.50. The van der Waals surface area contributed by atoms with Crippen molar-refractivity contribution in [1.82, 2.24) is 4.90 Å². The number of benzene rings is 2. The summed E-state index contributed by atoms with van der Waals surface area (Å²) >= 11 is 0. The first kappa shape index (κ1) is 14.5. The summed E-state index contributed by atoms with van der Waals surface area (Å²) in [5, 5.41) is 0. The minimum atomic E-state index is -0.285. The van der Waals surface area contributed by atoms with E-state index < -0.39 is 0 Å². The first-order chi connectivity index (χ1) is 11.2. The molecule has 1 saturated heterocycles. The van der Waals surface area contributed by atoms with Crippen molar-refractivity contribution in [2.24, 2.45) is 5.73 Å². The predicted octanol–water partition coefficient (Wildman–Crippen LogP) is 2.67. The SMILES string of the molecule is N[C@@H]1CN(C(=O)C2(c3ccccc3)CC2)C[C@H]1c1ccccc1. The Morgan fingerprint density at radius 2 is 1.57 bits per heavy atom. The fourth-order valence-corrected chi connectivity index (χ4v) is 3.86. The third kappa shape index (κ3) is 2.45. The lowest BCUT2D eigenvalue weighted by atomic mass is 9.94. The van der Waals surface area contributed by atoms with Crippen molar-refractivity contribution in [2.75, 3.05) is 13.1 Å². The van der Waals surface area contributed by atoms with Crippen molar-refractivity contribution >= 4 is 5.91 Å². The zero-order valence-corrected chi connectivity index (χ0v) is 13.2. The second-order valence-electron chi connectivity index (χ2n) is 6.84. The molecule has 0 bridgehead atoms. The molecule has 2 aromatic carbocycles. The van der Waals surface area contributed by atoms with Gasteiger partial charge in [-0.15, -0.1) is 0 Å². The number of carbonyl (C=O) groups excluding carboxylic acids is 1. The molecule has 23 heavy (non-hydrogen) atoms. The molecule has 0 aromatic heterocycles. The molecule has 3 nitrogen and oxygen atoms in total. The number of hydrogen-bond donors (Lipinski definition) is 1. The molecule has 4 rings (SSSR count). The fourth-order valence-electron chi connectivity index (χ4n) is 3.86. The monoisotopic (exact) mass is 306 g/mol. The lowest BCUT2D eigenvalue weighted by Crippen LogP contribution is -2.39. The van der Waals surface area contributed by atoms with Gasteiger partial charge in [0, 0.05) is 25.0 Å². The summed E-state index contributed by atoms with van der Waals surface area (Å²) in [5.41, 5.74) is 8.45. The summed E-state index contributed by atoms with van der Waals surface area (Å²) in [6, 6.07) is 20.5. The van der Waals surface area contributed by atoms with Gasteiger partial charge in [-0.25, -0.2) is 0 Å². The molecule has 2 atom stereocenters. The van der Waals surface area contributed by atoms with Crippen LogP contribution < -0.4 is 5.73 Å². The Labute approximate surface area is 137 Å². The highest BCUT2D eigenvalue weighted by Crippen LogP contribution is 2.50. The number of nitrogens with zero attached hydrogens (tertiary/aromatic N) is 1. The smallest absolute Gasteiger partial charge is 0.233 e. The summed E-state index contributed by atoms with van der Waals surface area (Å²) in [7, 11) is 0. The number of nitrogens with two attached hydrogens (primary N) is 1. The number of amides is 1. The quantitative estimate of drug-likeness (QED) is 0.947. The van der Waals surface area contributed by atoms with Crippen molar-refractivity contribution in [3.8, 4) is 0 Å². The molecule has 0 spiro atoms. The van der Waals surface area contributed by atoms with Gasteiger partial charge in [-0.2, -0.15) is 0 Å². The van der Waals surface area contributed by atoms with E-state index in [1.165, 1.54) is 5.56 Å². The first-order valence-corrected chi connectivity index (χ1v) is 8.36. The van der Waals surface area contributed by atoms with Crippen LogP contribution in [-0.2, 0) is 10.2 Å². The Morgan fingerprint density at radius 3 is 2.17 bits per heavy atom. The van der Waals surface area contributed by atoms with Gasteiger partial charge in [-0.05, 0) is 24.0 Å². The van der Waals surface area contributed by atoms with Gasteiger partial charge in [0.05, 0.1) is 5.41 Å². The van der Waals surface area contributed by atoms with Crippen LogP contribution in [0.25, 0.3) is 0 Å². The lowest BCUT2D eigenvalue weighted by Gasteiger charge is -2.23. The average molecular weight is 306 g/mol. The Bertz CT molecular complexity index is 694. The van der Waals surface area contributed by atoms with Crippen molar-refractivity contribution in [3.63, 3.8) is 0 Å². The van der Waals surface area contributed by atoms with Crippen molar-refractivity contribution in [3.05, 3.63) is 71.8 Å². The minimum Gasteiger partial charge on any atom is -0.340 e. The molecular weight excluding hydrogens is 284 g/mol. The molecule has 1 aliphatic carbocycles. The zero-order chi connectivity index (χ0) is 15.9. The minimum absolute atomic E-state index is 0.0212. The van der Waals surface area contributed by atoms with Gasteiger partial charge < -0.3 is 10.6 Å². The maximum absolute atomic E-state index is 13.1. The summed E-state index contributed by atoms with van der Waals surface area (Å²) in [5.74, 6) is 0.504. The van der Waals surface area contributed by atoms with Crippen molar-refractivity contribution < 1.29 is 4.79 Å². The normalized spacial score (nSPS) is 25.3. The second-order valence-corrected chi connectivity index (χ2v) is 6.84. The molecule has 3 heteroatoms. The predicted molar refractivity (Wildman–Crippen MR) is 91.1 cm³/mol. The van der Waals surface area contributed by atoms with E-state index in [0.717, 1.165) is 24.9 Å². The van der Waals surface area contributed by atoms with Gasteiger partial charge in [0.2, 0.25) is 5.91 Å². The van der Waals surface area contributed by atoms with Crippen LogP contribution in [0, 0.1) is 0 Å². The number of hydrogen-bond acceptors (Lipinski definition) is 2. The summed E-state index contributed by atoms with van der Waals surface area (Å²) in [6.07, 6.45) is 1.91. The lowest BCUT2D eigenvalue weighted by molar-refractivity contribution is -0.133. The van der Waals surface area contributed by atoms with Gasteiger partial charge in [0.15, 0.2) is 0 Å². The molecule has 118 valence electrons. The van der Waals surface area contributed by atoms with E-state index in [0.29, 0.717) is 6.54 Å². The summed E-state index contributed by atoms with van der Waals surface area (Å²) in [4.78, 5) is 15.1. The maximum Gasteiger partial charge on any atom is 0.233 e. The van der Waals surface area contributed by atoms with Crippen LogP contribution in [0.3, 0.4) is 0 Å². The van der Waals surface area contributed by atoms with E-state index in [1.54, 1.807) is 0 Å². The summed E-state index contributed by atoms with van der Waals surface area (Å²) < 4.78 is 0. The maximum atomic E-state index is 13.1. The van der Waals surface area contributed by atoms with Crippen LogP contribution in [0.2, 0.25) is 0 Å². The van der Waals surface area contributed by atoms with Gasteiger partial charge in [-0.3, -0.25) is 4.79 Å². The topological polar surface area (TPSA) is 46.3 Å². The van der Waals surface area contributed by atoms with E-state index >= 15 is 0 Å². The highest BCUT2D eigenvalue weighted by atomic mass is 16.2. The molecule has 1 amide bonds. The largest absolute Gasteiger partial charge is 0.340 e. The zero-order valence-electron chi connectivity index (χ0n) is 13.2. The van der Waals surface area contributed by atoms with Crippen molar-refractivity contribution in [2.45, 2.75) is 30.2 Å². The fraction of sp³-hybridized carbons (Fsp3) is 0.350. The Kier molecular flexibility index (Phi) is 3.46. The van der Waals surface area contributed by atoms with Gasteiger partial charge >= 0.3 is 0 Å². The number of carbonyl (C=O) groups is 1. The van der Waals surface area contributed by atoms with Crippen LogP contribution in [0.5, 0.6) is 0 Å². The van der Waals surface area contributed by atoms with Crippen LogP contribution in [0.15, 0.2) is 60.7 Å². The Balaban J connectivity index is 1.55.